The largest absolute Gasteiger partial charge is 0.416 e. The normalized spacial score (nSPS) is 19.3. The van der Waals surface area contributed by atoms with Gasteiger partial charge in [-0.05, 0) is 75.3 Å². The van der Waals surface area contributed by atoms with Gasteiger partial charge in [-0.3, -0.25) is 5.43 Å². The predicted molar refractivity (Wildman–Crippen MR) is 144 cm³/mol. The van der Waals surface area contributed by atoms with E-state index in [-0.39, 0.29) is 11.0 Å². The van der Waals surface area contributed by atoms with E-state index in [0.717, 1.165) is 31.3 Å². The Morgan fingerprint density at radius 1 is 1.08 bits per heavy atom. The number of likely N-dealkylation sites (N-methyl/N-ethyl adjacent to an activating group) is 1. The summed E-state index contributed by atoms with van der Waals surface area (Å²) >= 11 is 4.79. The Bertz CT molecular complexity index is 1140. The summed E-state index contributed by atoms with van der Waals surface area (Å²) in [5, 5.41) is 4.04. The predicted octanol–water partition coefficient (Wildman–Crippen LogP) is 4.54. The van der Waals surface area contributed by atoms with Crippen molar-refractivity contribution in [2.24, 2.45) is 10.8 Å². The van der Waals surface area contributed by atoms with Crippen LogP contribution >= 0.6 is 12.2 Å². The minimum atomic E-state index is -4.39. The van der Waals surface area contributed by atoms with Crippen molar-refractivity contribution < 1.29 is 17.6 Å². The third kappa shape index (κ3) is 6.32. The van der Waals surface area contributed by atoms with E-state index in [4.69, 9.17) is 18.0 Å². The highest BCUT2D eigenvalue weighted by atomic mass is 32.1. The van der Waals surface area contributed by atoms with Crippen LogP contribution in [0.1, 0.15) is 41.9 Å². The van der Waals surface area contributed by atoms with E-state index in [1.54, 1.807) is 12.1 Å². The van der Waals surface area contributed by atoms with Crippen LogP contribution in [0.25, 0.3) is 0 Å². The van der Waals surface area contributed by atoms with Gasteiger partial charge >= 0.3 is 6.18 Å². The molecule has 37 heavy (non-hydrogen) atoms. The van der Waals surface area contributed by atoms with Crippen LogP contribution < -0.4 is 21.0 Å². The second-order valence-electron chi connectivity index (χ2n) is 9.80. The zero-order valence-corrected chi connectivity index (χ0v) is 21.7. The summed E-state index contributed by atoms with van der Waals surface area (Å²) in [4.78, 5) is 6.32. The maximum atomic E-state index is 15.4. The summed E-state index contributed by atoms with van der Waals surface area (Å²) < 4.78 is 56.0. The molecule has 200 valence electrons. The van der Waals surface area contributed by atoms with Gasteiger partial charge in [0.2, 0.25) is 0 Å². The van der Waals surface area contributed by atoms with Crippen molar-refractivity contribution in [2.75, 3.05) is 50.1 Å². The van der Waals surface area contributed by atoms with Crippen molar-refractivity contribution in [3.8, 4) is 0 Å². The molecule has 0 radical (unpaired) electrons. The SMILES string of the molecule is CN(C)C1CCN(c2cc(N3CCC(c4ccccc4C(F)(F)F)CC3)c(F)cc2C=NNC(N)=S)C1. The van der Waals surface area contributed by atoms with Crippen molar-refractivity contribution in [3.05, 3.63) is 58.9 Å². The minimum Gasteiger partial charge on any atom is -0.375 e. The lowest BCUT2D eigenvalue weighted by atomic mass is 9.86. The lowest BCUT2D eigenvalue weighted by Crippen LogP contribution is -2.35. The summed E-state index contributed by atoms with van der Waals surface area (Å²) in [5.41, 5.74) is 9.59. The van der Waals surface area contributed by atoms with Gasteiger partial charge in [0, 0.05) is 43.5 Å². The van der Waals surface area contributed by atoms with Gasteiger partial charge in [-0.1, -0.05) is 18.2 Å². The quantitative estimate of drug-likeness (QED) is 0.245. The number of hydrogen-bond acceptors (Lipinski definition) is 5. The Kier molecular flexibility index (Phi) is 8.23. The third-order valence-corrected chi connectivity index (χ3v) is 7.34. The molecule has 11 heteroatoms. The first kappa shape index (κ1) is 27.1. The van der Waals surface area contributed by atoms with Crippen molar-refractivity contribution in [3.63, 3.8) is 0 Å². The van der Waals surface area contributed by atoms with Crippen molar-refractivity contribution in [1.82, 2.24) is 10.3 Å². The monoisotopic (exact) mass is 536 g/mol. The van der Waals surface area contributed by atoms with E-state index < -0.39 is 17.6 Å². The van der Waals surface area contributed by atoms with E-state index in [1.165, 1.54) is 18.3 Å². The molecule has 0 saturated carbocycles. The summed E-state index contributed by atoms with van der Waals surface area (Å²) in [7, 11) is 4.08. The molecule has 3 N–H and O–H groups in total. The fraction of sp³-hybridized carbons (Fsp3) is 0.462. The number of piperidine rings is 1. The molecule has 2 aliphatic rings. The summed E-state index contributed by atoms with van der Waals surface area (Å²) in [6.45, 7) is 2.53. The van der Waals surface area contributed by atoms with Crippen LogP contribution in [-0.4, -0.2) is 62.5 Å². The van der Waals surface area contributed by atoms with Gasteiger partial charge in [-0.15, -0.1) is 0 Å². The van der Waals surface area contributed by atoms with E-state index >= 15 is 4.39 Å². The number of nitrogens with one attached hydrogen (secondary N) is 1. The highest BCUT2D eigenvalue weighted by Crippen LogP contribution is 2.40. The fourth-order valence-corrected chi connectivity index (χ4v) is 5.33. The van der Waals surface area contributed by atoms with Crippen molar-refractivity contribution in [2.45, 2.75) is 37.4 Å². The number of anilines is 2. The van der Waals surface area contributed by atoms with Crippen LogP contribution in [0, 0.1) is 5.82 Å². The highest BCUT2D eigenvalue weighted by Gasteiger charge is 2.36. The average molecular weight is 537 g/mol. The van der Waals surface area contributed by atoms with E-state index in [2.05, 4.69) is 20.3 Å². The first-order valence-electron chi connectivity index (χ1n) is 12.3. The highest BCUT2D eigenvalue weighted by molar-refractivity contribution is 7.80. The number of halogens is 4. The van der Waals surface area contributed by atoms with Gasteiger partial charge < -0.3 is 20.4 Å². The number of rotatable bonds is 6. The number of alkyl halides is 3. The van der Waals surface area contributed by atoms with Crippen molar-refractivity contribution in [1.29, 1.82) is 0 Å². The number of thiocarbonyl (C=S) groups is 1. The second kappa shape index (κ2) is 11.2. The molecule has 2 aliphatic heterocycles. The van der Waals surface area contributed by atoms with Gasteiger partial charge in [0.25, 0.3) is 0 Å². The third-order valence-electron chi connectivity index (χ3n) is 7.25. The molecule has 2 aromatic carbocycles. The van der Waals surface area contributed by atoms with Gasteiger partial charge in [0.05, 0.1) is 17.5 Å². The average Bonchev–Trinajstić information content (AvgIpc) is 3.34. The lowest BCUT2D eigenvalue weighted by Gasteiger charge is -2.35. The fourth-order valence-electron chi connectivity index (χ4n) is 5.28. The molecule has 0 bridgehead atoms. The molecule has 2 aromatic rings. The molecule has 2 heterocycles. The standard InChI is InChI=1S/C26H32F4N6S/c1-34(2)19-9-12-36(16-19)23-14-24(22(27)13-18(23)15-32-33-25(31)37)35-10-7-17(8-11-35)20-5-3-4-6-21(20)26(28,29)30/h3-6,13-15,17,19H,7-12,16H2,1-2H3,(H3,31,33,37). The van der Waals surface area contributed by atoms with Gasteiger partial charge in [-0.25, -0.2) is 4.39 Å². The number of hydrazone groups is 1. The molecule has 2 fully saturated rings. The van der Waals surface area contributed by atoms with Crippen LogP contribution in [0.4, 0.5) is 28.9 Å². The smallest absolute Gasteiger partial charge is 0.375 e. The Hall–Kier alpha value is -2.92. The van der Waals surface area contributed by atoms with Crippen molar-refractivity contribution >= 4 is 34.9 Å². The van der Waals surface area contributed by atoms with E-state index in [9.17, 15) is 13.2 Å². The van der Waals surface area contributed by atoms with Crippen LogP contribution in [0.2, 0.25) is 0 Å². The molecular weight excluding hydrogens is 504 g/mol. The maximum Gasteiger partial charge on any atom is 0.416 e. The molecule has 1 unspecified atom stereocenters. The molecule has 6 nitrogen and oxygen atoms in total. The molecule has 4 rings (SSSR count). The van der Waals surface area contributed by atoms with Crippen LogP contribution in [-0.2, 0) is 6.18 Å². The number of nitrogens with two attached hydrogens (primary N) is 1. The van der Waals surface area contributed by atoms with Crippen LogP contribution in [0.15, 0.2) is 41.5 Å². The first-order valence-corrected chi connectivity index (χ1v) is 12.7. The van der Waals surface area contributed by atoms with Gasteiger partial charge in [0.15, 0.2) is 5.11 Å². The number of benzene rings is 2. The number of hydrogen-bond donors (Lipinski definition) is 2. The molecule has 0 aliphatic carbocycles. The second-order valence-corrected chi connectivity index (χ2v) is 10.2. The maximum absolute atomic E-state index is 15.4. The Morgan fingerprint density at radius 3 is 2.38 bits per heavy atom. The zero-order valence-electron chi connectivity index (χ0n) is 20.9. The topological polar surface area (TPSA) is 60.1 Å². The van der Waals surface area contributed by atoms with Gasteiger partial charge in [0.1, 0.15) is 5.82 Å². The molecule has 0 spiro atoms. The lowest BCUT2D eigenvalue weighted by molar-refractivity contribution is -0.138. The van der Waals surface area contributed by atoms with E-state index in [0.29, 0.717) is 48.8 Å². The molecule has 0 amide bonds. The zero-order chi connectivity index (χ0) is 26.7. The Morgan fingerprint density at radius 2 is 1.76 bits per heavy atom. The molecule has 0 aromatic heterocycles. The first-order chi connectivity index (χ1) is 17.5. The molecule has 2 saturated heterocycles. The minimum absolute atomic E-state index is 0.0127. The van der Waals surface area contributed by atoms with E-state index in [1.807, 2.05) is 25.1 Å². The number of nitrogens with zero attached hydrogens (tertiary/aromatic N) is 4. The van der Waals surface area contributed by atoms with Crippen LogP contribution in [0.5, 0.6) is 0 Å². The summed E-state index contributed by atoms with van der Waals surface area (Å²) in [6, 6.07) is 9.41. The molecule has 1 atom stereocenters. The summed E-state index contributed by atoms with van der Waals surface area (Å²) in [5.74, 6) is -0.633. The molecular formula is C26H32F4N6S. The van der Waals surface area contributed by atoms with Crippen LogP contribution in [0.3, 0.4) is 0 Å². The van der Waals surface area contributed by atoms with Gasteiger partial charge in [-0.2, -0.15) is 18.3 Å². The summed E-state index contributed by atoms with van der Waals surface area (Å²) in [6.07, 6.45) is -0.893. The Labute approximate surface area is 220 Å². The Balaban J connectivity index is 1.58.